The molecule has 0 aliphatic carbocycles. The van der Waals surface area contributed by atoms with Crippen LogP contribution >= 0.6 is 0 Å². The van der Waals surface area contributed by atoms with Crippen LogP contribution in [0.4, 0.5) is 0 Å². The normalized spacial score (nSPS) is 13.0. The standard InChI is InChI=1S/C37H23N3O/c1-3-9-24(10-4-1)25-17-19-28(20-18-25)36-38-35(27-11-5-2-6-12-27)39-37(40-36)29-21-22-32-31(23-29)30-15-7-13-26-14-8-16-33(41-32)34(26)30/h1-23H/i17D,18D,19D,20D. The molecular formula is C37H23N3O. The van der Waals surface area contributed by atoms with Gasteiger partial charge < -0.3 is 4.74 Å². The second kappa shape index (κ2) is 9.54. The number of rotatable bonds is 4. The lowest BCUT2D eigenvalue weighted by molar-refractivity contribution is 0.487. The fraction of sp³-hybridized carbons (Fsp3) is 0. The number of benzene rings is 6. The fourth-order valence-electron chi connectivity index (χ4n) is 5.21. The Balaban J connectivity index is 1.34. The second-order valence-corrected chi connectivity index (χ2v) is 9.76. The molecule has 0 bridgehead atoms. The van der Waals surface area contributed by atoms with Gasteiger partial charge in [-0.2, -0.15) is 0 Å². The third-order valence-corrected chi connectivity index (χ3v) is 7.19. The smallest absolute Gasteiger partial charge is 0.164 e. The van der Waals surface area contributed by atoms with Gasteiger partial charge in [0, 0.05) is 27.6 Å². The van der Waals surface area contributed by atoms with E-state index in [1.54, 1.807) is 12.1 Å². The summed E-state index contributed by atoms with van der Waals surface area (Å²) in [5, 5.41) is 2.12. The van der Waals surface area contributed by atoms with Crippen LogP contribution in [-0.4, -0.2) is 15.0 Å². The Bertz CT molecular complexity index is 2260. The van der Waals surface area contributed by atoms with Crippen LogP contribution in [0, 0.1) is 0 Å². The summed E-state index contributed by atoms with van der Waals surface area (Å²) in [6.45, 7) is 0. The molecule has 0 unspecified atom stereocenters. The Morgan fingerprint density at radius 2 is 1.05 bits per heavy atom. The Kier molecular flexibility index (Phi) is 4.53. The number of ether oxygens (including phenoxy) is 1. The molecule has 0 N–H and O–H groups in total. The molecule has 1 aliphatic rings. The van der Waals surface area contributed by atoms with E-state index in [4.69, 9.17) is 25.2 Å². The summed E-state index contributed by atoms with van der Waals surface area (Å²) in [7, 11) is 0. The molecule has 192 valence electrons. The van der Waals surface area contributed by atoms with Crippen LogP contribution in [-0.2, 0) is 0 Å². The molecule has 0 fully saturated rings. The Morgan fingerprint density at radius 3 is 1.78 bits per heavy atom. The van der Waals surface area contributed by atoms with E-state index in [9.17, 15) is 0 Å². The maximum atomic E-state index is 8.96. The number of nitrogens with zero attached hydrogens (tertiary/aromatic N) is 3. The van der Waals surface area contributed by atoms with E-state index in [-0.39, 0.29) is 41.1 Å². The van der Waals surface area contributed by atoms with Crippen molar-refractivity contribution in [1.29, 1.82) is 0 Å². The Morgan fingerprint density at radius 1 is 0.439 bits per heavy atom. The van der Waals surface area contributed by atoms with Gasteiger partial charge in [0.05, 0.1) is 5.48 Å². The van der Waals surface area contributed by atoms with Crippen LogP contribution < -0.4 is 4.74 Å². The number of fused-ring (bicyclic) bond motifs is 2. The van der Waals surface area contributed by atoms with Crippen LogP contribution in [0.5, 0.6) is 11.5 Å². The molecule has 0 saturated heterocycles. The van der Waals surface area contributed by atoms with Gasteiger partial charge in [0.25, 0.3) is 0 Å². The third-order valence-electron chi connectivity index (χ3n) is 7.19. The van der Waals surface area contributed by atoms with Crippen molar-refractivity contribution in [3.8, 4) is 67.9 Å². The Labute approximate surface area is 243 Å². The van der Waals surface area contributed by atoms with Crippen molar-refractivity contribution in [2.75, 3.05) is 0 Å². The molecule has 0 radical (unpaired) electrons. The minimum atomic E-state index is -0.215. The minimum absolute atomic E-state index is 0.0190. The predicted molar refractivity (Wildman–Crippen MR) is 165 cm³/mol. The summed E-state index contributed by atoms with van der Waals surface area (Å²) in [5.41, 5.74) is 4.23. The number of hydrogen-bond donors (Lipinski definition) is 0. The van der Waals surface area contributed by atoms with Gasteiger partial charge in [0.15, 0.2) is 17.5 Å². The first kappa shape index (κ1) is 19.4. The molecule has 0 amide bonds. The molecule has 0 atom stereocenters. The first-order valence-electron chi connectivity index (χ1n) is 15.3. The van der Waals surface area contributed by atoms with E-state index < -0.39 is 0 Å². The molecule has 41 heavy (non-hydrogen) atoms. The SMILES string of the molecule is [2H]c1c([2H])c(-c2nc(-c3ccccc3)nc(-c3ccc4c(c3)-c3cccc5cccc(c35)O4)n2)c([2H])c([2H])c1-c1ccccc1. The molecule has 4 heteroatoms. The van der Waals surface area contributed by atoms with Crippen molar-refractivity contribution < 1.29 is 10.2 Å². The zero-order valence-electron chi connectivity index (χ0n) is 25.7. The lowest BCUT2D eigenvalue weighted by Gasteiger charge is -2.21. The van der Waals surface area contributed by atoms with Crippen molar-refractivity contribution in [3.05, 3.63) is 139 Å². The molecule has 4 nitrogen and oxygen atoms in total. The summed E-state index contributed by atoms with van der Waals surface area (Å²) in [5.74, 6) is 2.30. The monoisotopic (exact) mass is 529 g/mol. The molecule has 7 aromatic rings. The average molecular weight is 530 g/mol. The quantitative estimate of drug-likeness (QED) is 0.228. The molecule has 2 heterocycles. The maximum absolute atomic E-state index is 8.96. The summed E-state index contributed by atoms with van der Waals surface area (Å²) in [6, 6.07) is 35.7. The molecule has 1 aromatic heterocycles. The van der Waals surface area contributed by atoms with Crippen LogP contribution in [0.25, 0.3) is 67.2 Å². The van der Waals surface area contributed by atoms with Crippen molar-refractivity contribution in [3.63, 3.8) is 0 Å². The largest absolute Gasteiger partial charge is 0.456 e. The molecule has 0 spiro atoms. The first-order chi connectivity index (χ1) is 22.0. The maximum Gasteiger partial charge on any atom is 0.164 e. The van der Waals surface area contributed by atoms with Gasteiger partial charge in [0.1, 0.15) is 11.5 Å². The van der Waals surface area contributed by atoms with E-state index in [2.05, 4.69) is 18.2 Å². The van der Waals surface area contributed by atoms with Crippen LogP contribution in [0.15, 0.2) is 139 Å². The topological polar surface area (TPSA) is 47.9 Å². The number of hydrogen-bond acceptors (Lipinski definition) is 4. The fourth-order valence-corrected chi connectivity index (χ4v) is 5.21. The minimum Gasteiger partial charge on any atom is -0.456 e. The highest BCUT2D eigenvalue weighted by atomic mass is 16.5. The Hall–Kier alpha value is -5.61. The summed E-state index contributed by atoms with van der Waals surface area (Å²) in [4.78, 5) is 14.3. The predicted octanol–water partition coefficient (Wildman–Crippen LogP) is 9.47. The zero-order valence-corrected chi connectivity index (χ0v) is 21.7. The van der Waals surface area contributed by atoms with E-state index in [0.29, 0.717) is 22.8 Å². The second-order valence-electron chi connectivity index (χ2n) is 9.76. The van der Waals surface area contributed by atoms with Crippen LogP contribution in [0.3, 0.4) is 0 Å². The van der Waals surface area contributed by atoms with Gasteiger partial charge >= 0.3 is 0 Å². The lowest BCUT2D eigenvalue weighted by Crippen LogP contribution is -2.01. The summed E-state index contributed by atoms with van der Waals surface area (Å²) < 4.78 is 41.9. The van der Waals surface area contributed by atoms with E-state index in [0.717, 1.165) is 39.0 Å². The van der Waals surface area contributed by atoms with Gasteiger partial charge in [-0.1, -0.05) is 115 Å². The van der Waals surface area contributed by atoms with Gasteiger partial charge in [0.2, 0.25) is 0 Å². The van der Waals surface area contributed by atoms with Gasteiger partial charge in [-0.05, 0) is 46.3 Å². The molecule has 6 aromatic carbocycles. The van der Waals surface area contributed by atoms with E-state index in [1.165, 1.54) is 0 Å². The molecule has 0 saturated carbocycles. The van der Waals surface area contributed by atoms with Crippen LogP contribution in [0.2, 0.25) is 0 Å². The third kappa shape index (κ3) is 4.14. The molecular weight excluding hydrogens is 502 g/mol. The van der Waals surface area contributed by atoms with Crippen molar-refractivity contribution in [2.24, 2.45) is 0 Å². The first-order valence-corrected chi connectivity index (χ1v) is 13.3. The average Bonchev–Trinajstić information content (AvgIpc) is 3.08. The zero-order chi connectivity index (χ0) is 30.7. The van der Waals surface area contributed by atoms with E-state index >= 15 is 0 Å². The lowest BCUT2D eigenvalue weighted by atomic mass is 9.93. The van der Waals surface area contributed by atoms with E-state index in [1.807, 2.05) is 84.9 Å². The van der Waals surface area contributed by atoms with Crippen LogP contribution in [0.1, 0.15) is 5.48 Å². The van der Waals surface area contributed by atoms with Gasteiger partial charge in [-0.15, -0.1) is 0 Å². The van der Waals surface area contributed by atoms with Gasteiger partial charge in [-0.3, -0.25) is 0 Å². The van der Waals surface area contributed by atoms with Gasteiger partial charge in [-0.25, -0.2) is 15.0 Å². The van der Waals surface area contributed by atoms with Crippen molar-refractivity contribution >= 4 is 10.8 Å². The highest BCUT2D eigenvalue weighted by Crippen LogP contribution is 2.47. The van der Waals surface area contributed by atoms with Crippen molar-refractivity contribution in [2.45, 2.75) is 0 Å². The molecule has 1 aliphatic heterocycles. The highest BCUT2D eigenvalue weighted by Gasteiger charge is 2.21. The van der Waals surface area contributed by atoms with Crippen molar-refractivity contribution in [1.82, 2.24) is 15.0 Å². The summed E-state index contributed by atoms with van der Waals surface area (Å²) >= 11 is 0. The number of aromatic nitrogens is 3. The summed E-state index contributed by atoms with van der Waals surface area (Å²) in [6.07, 6.45) is 0. The molecule has 8 rings (SSSR count). The highest BCUT2D eigenvalue weighted by molar-refractivity contribution is 6.04.